The molecule has 0 radical (unpaired) electrons. The highest BCUT2D eigenvalue weighted by molar-refractivity contribution is 6.75. The maximum absolute atomic E-state index is 2.49. The molecule has 0 spiro atoms. The average Bonchev–Trinajstić information content (AvgIpc) is 2.04. The number of rotatable bonds is 5. The minimum absolute atomic E-state index is 0.836. The van der Waals surface area contributed by atoms with E-state index in [-0.39, 0.29) is 0 Å². The van der Waals surface area contributed by atoms with Gasteiger partial charge in [-0.1, -0.05) is 27.2 Å². The zero-order valence-corrected chi connectivity index (χ0v) is 11.4. The van der Waals surface area contributed by atoms with Crippen molar-refractivity contribution in [1.82, 2.24) is 9.13 Å². The van der Waals surface area contributed by atoms with Crippen LogP contribution in [0.25, 0.3) is 0 Å². The van der Waals surface area contributed by atoms with Gasteiger partial charge in [-0.3, -0.25) is 0 Å². The molecule has 0 aromatic heterocycles. The predicted molar refractivity (Wildman–Crippen MR) is 63.3 cm³/mol. The first-order chi connectivity index (χ1) is 5.93. The summed E-state index contributed by atoms with van der Waals surface area (Å²) in [5, 5.41) is 0. The molecule has 1 unspecified atom stereocenters. The number of hydrogen-bond donors (Lipinski definition) is 0. The molecule has 0 saturated carbocycles. The van der Waals surface area contributed by atoms with E-state index in [1.54, 1.807) is 0 Å². The lowest BCUT2D eigenvalue weighted by Gasteiger charge is -2.46. The molecule has 0 saturated heterocycles. The van der Waals surface area contributed by atoms with E-state index in [4.69, 9.17) is 0 Å². The van der Waals surface area contributed by atoms with Gasteiger partial charge in [0.1, 0.15) is 0 Å². The third-order valence-corrected chi connectivity index (χ3v) is 9.60. The molecule has 0 aliphatic rings. The summed E-state index contributed by atoms with van der Waals surface area (Å²) in [6, 6.07) is 1.31. The van der Waals surface area contributed by atoms with Crippen LogP contribution in [0.1, 0.15) is 27.2 Å². The van der Waals surface area contributed by atoms with Crippen LogP contribution in [0.2, 0.25) is 11.6 Å². The van der Waals surface area contributed by atoms with Crippen molar-refractivity contribution in [3.05, 3.63) is 0 Å². The van der Waals surface area contributed by atoms with Gasteiger partial charge in [-0.25, -0.2) is 0 Å². The van der Waals surface area contributed by atoms with Gasteiger partial charge in [0.2, 0.25) is 8.40 Å². The Hall–Kier alpha value is 0.137. The van der Waals surface area contributed by atoms with E-state index in [1.165, 1.54) is 12.5 Å². The van der Waals surface area contributed by atoms with Crippen molar-refractivity contribution < 1.29 is 0 Å². The van der Waals surface area contributed by atoms with Crippen LogP contribution in [0.15, 0.2) is 0 Å². The summed E-state index contributed by atoms with van der Waals surface area (Å²) in [6.07, 6.45) is 1.29. The van der Waals surface area contributed by atoms with E-state index in [0.29, 0.717) is 0 Å². The lowest BCUT2D eigenvalue weighted by Crippen LogP contribution is -2.62. The Morgan fingerprint density at radius 2 is 1.38 bits per heavy atom. The molecule has 80 valence electrons. The first-order valence-electron chi connectivity index (χ1n) is 5.28. The van der Waals surface area contributed by atoms with Crippen LogP contribution in [0.4, 0.5) is 0 Å². The van der Waals surface area contributed by atoms with E-state index in [0.717, 1.165) is 5.54 Å². The molecule has 0 aromatic carbocycles. The predicted octanol–water partition coefficient (Wildman–Crippen LogP) is 2.37. The first-order valence-corrected chi connectivity index (χ1v) is 7.46. The Labute approximate surface area is 85.1 Å². The molecule has 2 nitrogen and oxygen atoms in total. The van der Waals surface area contributed by atoms with Crippen LogP contribution in [0.5, 0.6) is 0 Å². The van der Waals surface area contributed by atoms with Crippen LogP contribution in [0.3, 0.4) is 0 Å². The van der Waals surface area contributed by atoms with Gasteiger partial charge in [0, 0.05) is 0 Å². The van der Waals surface area contributed by atoms with Crippen LogP contribution < -0.4 is 0 Å². The van der Waals surface area contributed by atoms with Gasteiger partial charge in [-0.2, -0.15) is 0 Å². The monoisotopic (exact) mass is 202 g/mol. The minimum atomic E-state index is -1.36. The third-order valence-electron chi connectivity index (χ3n) is 3.47. The van der Waals surface area contributed by atoms with E-state index in [1.807, 2.05) is 0 Å². The summed E-state index contributed by atoms with van der Waals surface area (Å²) < 4.78 is 4.97. The second kappa shape index (κ2) is 5.13. The Morgan fingerprint density at radius 1 is 1.00 bits per heavy atom. The number of nitrogens with zero attached hydrogens (tertiary/aromatic N) is 2. The lowest BCUT2D eigenvalue weighted by molar-refractivity contribution is 0.451. The standard InChI is InChI=1S/C10H26N2Si/c1-8-10(3)13(9-2,11(4)5)12(6)7/h10H,8-9H2,1-7H3. The van der Waals surface area contributed by atoms with Gasteiger partial charge in [-0.15, -0.1) is 0 Å². The highest BCUT2D eigenvalue weighted by Gasteiger charge is 2.41. The van der Waals surface area contributed by atoms with Crippen molar-refractivity contribution in [2.75, 3.05) is 28.2 Å². The molecule has 13 heavy (non-hydrogen) atoms. The minimum Gasteiger partial charge on any atom is -0.317 e. The largest absolute Gasteiger partial charge is 0.317 e. The molecule has 0 aliphatic carbocycles. The van der Waals surface area contributed by atoms with E-state index >= 15 is 0 Å². The van der Waals surface area contributed by atoms with E-state index < -0.39 is 8.40 Å². The molecule has 0 N–H and O–H groups in total. The summed E-state index contributed by atoms with van der Waals surface area (Å²) in [7, 11) is 7.59. The maximum atomic E-state index is 2.49. The van der Waals surface area contributed by atoms with Crippen LogP contribution in [-0.2, 0) is 0 Å². The summed E-state index contributed by atoms with van der Waals surface area (Å²) in [4.78, 5) is 0. The van der Waals surface area contributed by atoms with Crippen molar-refractivity contribution in [3.8, 4) is 0 Å². The molecule has 3 heteroatoms. The molecule has 0 rings (SSSR count). The van der Waals surface area contributed by atoms with Gasteiger partial charge in [0.25, 0.3) is 0 Å². The van der Waals surface area contributed by atoms with Gasteiger partial charge in [-0.05, 0) is 39.8 Å². The van der Waals surface area contributed by atoms with Crippen LogP contribution in [0, 0.1) is 0 Å². The quantitative estimate of drug-likeness (QED) is 0.632. The summed E-state index contributed by atoms with van der Waals surface area (Å²) in [5.74, 6) is 0. The maximum Gasteiger partial charge on any atom is 0.208 e. The fourth-order valence-electron chi connectivity index (χ4n) is 2.59. The summed E-state index contributed by atoms with van der Waals surface area (Å²) >= 11 is 0. The molecular weight excluding hydrogens is 176 g/mol. The highest BCUT2D eigenvalue weighted by atomic mass is 28.3. The third kappa shape index (κ3) is 2.33. The van der Waals surface area contributed by atoms with E-state index in [2.05, 4.69) is 58.1 Å². The fourth-order valence-corrected chi connectivity index (χ4v) is 7.77. The second-order valence-corrected chi connectivity index (χ2v) is 9.57. The molecule has 0 aliphatic heterocycles. The van der Waals surface area contributed by atoms with Gasteiger partial charge < -0.3 is 9.13 Å². The molecule has 1 atom stereocenters. The fraction of sp³-hybridized carbons (Fsp3) is 1.00. The Morgan fingerprint density at radius 3 is 1.46 bits per heavy atom. The van der Waals surface area contributed by atoms with E-state index in [9.17, 15) is 0 Å². The first kappa shape index (κ1) is 13.1. The Balaban J connectivity index is 4.86. The molecule has 0 amide bonds. The van der Waals surface area contributed by atoms with Gasteiger partial charge >= 0.3 is 0 Å². The second-order valence-electron chi connectivity index (χ2n) is 4.33. The van der Waals surface area contributed by atoms with Crippen molar-refractivity contribution in [2.24, 2.45) is 0 Å². The van der Waals surface area contributed by atoms with Crippen LogP contribution in [-0.4, -0.2) is 45.7 Å². The zero-order chi connectivity index (χ0) is 10.6. The van der Waals surface area contributed by atoms with Gasteiger partial charge in [0.15, 0.2) is 0 Å². The normalized spacial score (nSPS) is 15.5. The molecule has 0 aromatic rings. The molecule has 0 heterocycles. The number of hydrogen-bond acceptors (Lipinski definition) is 2. The van der Waals surface area contributed by atoms with Crippen molar-refractivity contribution in [3.63, 3.8) is 0 Å². The molecular formula is C10H26N2Si. The molecule has 0 fully saturated rings. The molecule has 0 bridgehead atoms. The van der Waals surface area contributed by atoms with Gasteiger partial charge in [0.05, 0.1) is 0 Å². The SMILES string of the molecule is CCC(C)[Si](CC)(N(C)C)N(C)C. The highest BCUT2D eigenvalue weighted by Crippen LogP contribution is 2.31. The summed E-state index contributed by atoms with van der Waals surface area (Å²) in [6.45, 7) is 7.03. The Bertz CT molecular complexity index is 138. The topological polar surface area (TPSA) is 6.48 Å². The zero-order valence-electron chi connectivity index (χ0n) is 10.4. The summed E-state index contributed by atoms with van der Waals surface area (Å²) in [5.41, 5.74) is 0.836. The van der Waals surface area contributed by atoms with Crippen molar-refractivity contribution >= 4 is 8.40 Å². The van der Waals surface area contributed by atoms with Crippen molar-refractivity contribution in [2.45, 2.75) is 38.8 Å². The average molecular weight is 202 g/mol. The smallest absolute Gasteiger partial charge is 0.208 e. The Kier molecular flexibility index (Phi) is 5.18. The van der Waals surface area contributed by atoms with Crippen LogP contribution >= 0.6 is 0 Å². The lowest BCUT2D eigenvalue weighted by atomic mass is 10.4. The van der Waals surface area contributed by atoms with Crippen molar-refractivity contribution in [1.29, 1.82) is 0 Å².